The van der Waals surface area contributed by atoms with Gasteiger partial charge < -0.3 is 9.88 Å². The molecule has 1 N–H and O–H groups in total. The third-order valence-electron chi connectivity index (χ3n) is 3.81. The predicted molar refractivity (Wildman–Crippen MR) is 75.7 cm³/mol. The van der Waals surface area contributed by atoms with Crippen molar-refractivity contribution in [2.75, 3.05) is 12.8 Å². The lowest BCUT2D eigenvalue weighted by atomic mass is 9.95. The molecule has 6 heteroatoms. The van der Waals surface area contributed by atoms with Crippen LogP contribution in [0.15, 0.2) is 18.7 Å². The number of rotatable bonds is 6. The van der Waals surface area contributed by atoms with Crippen LogP contribution >= 0.6 is 0 Å². The van der Waals surface area contributed by atoms with Gasteiger partial charge >= 0.3 is 0 Å². The van der Waals surface area contributed by atoms with E-state index in [-0.39, 0.29) is 11.3 Å². The Kier molecular flexibility index (Phi) is 4.99. The van der Waals surface area contributed by atoms with Gasteiger partial charge in [0.2, 0.25) is 0 Å². The van der Waals surface area contributed by atoms with Gasteiger partial charge in [-0.3, -0.25) is 0 Å². The van der Waals surface area contributed by atoms with Crippen LogP contribution in [0.3, 0.4) is 0 Å². The van der Waals surface area contributed by atoms with Crippen LogP contribution in [0.5, 0.6) is 0 Å². The summed E-state index contributed by atoms with van der Waals surface area (Å²) in [5.41, 5.74) is 0. The van der Waals surface area contributed by atoms with E-state index in [0.717, 1.165) is 45.2 Å². The zero-order valence-electron chi connectivity index (χ0n) is 11.5. The topological polar surface area (TPSA) is 64.0 Å². The summed E-state index contributed by atoms with van der Waals surface area (Å²) >= 11 is 0. The second-order valence-electron chi connectivity index (χ2n) is 5.37. The molecule has 2 rings (SSSR count). The van der Waals surface area contributed by atoms with Gasteiger partial charge in [-0.25, -0.2) is 13.4 Å². The van der Waals surface area contributed by atoms with Gasteiger partial charge in [0, 0.05) is 31.2 Å². The third-order valence-corrected chi connectivity index (χ3v) is 5.48. The molecule has 5 nitrogen and oxygen atoms in total. The van der Waals surface area contributed by atoms with E-state index in [4.69, 9.17) is 0 Å². The maximum atomic E-state index is 11.8. The molecule has 1 aromatic rings. The van der Waals surface area contributed by atoms with Crippen molar-refractivity contribution in [2.45, 2.75) is 49.9 Å². The van der Waals surface area contributed by atoms with E-state index in [1.807, 2.05) is 10.8 Å². The lowest BCUT2D eigenvalue weighted by Crippen LogP contribution is -2.46. The molecule has 1 fully saturated rings. The second-order valence-corrected chi connectivity index (χ2v) is 7.63. The first-order valence-electron chi connectivity index (χ1n) is 6.95. The van der Waals surface area contributed by atoms with Crippen LogP contribution in [0, 0.1) is 0 Å². The molecule has 0 spiro atoms. The van der Waals surface area contributed by atoms with Crippen LogP contribution in [0.1, 0.15) is 32.1 Å². The minimum absolute atomic E-state index is 0.131. The largest absolute Gasteiger partial charge is 0.337 e. The van der Waals surface area contributed by atoms with E-state index in [1.54, 1.807) is 12.5 Å². The molecule has 0 aliphatic heterocycles. The van der Waals surface area contributed by atoms with Crippen molar-refractivity contribution in [2.24, 2.45) is 0 Å². The summed E-state index contributed by atoms with van der Waals surface area (Å²) in [6.07, 6.45) is 11.8. The van der Waals surface area contributed by atoms with Gasteiger partial charge in [-0.2, -0.15) is 0 Å². The first-order valence-corrected chi connectivity index (χ1v) is 8.91. The van der Waals surface area contributed by atoms with Gasteiger partial charge in [0.1, 0.15) is 0 Å². The van der Waals surface area contributed by atoms with Crippen LogP contribution < -0.4 is 5.32 Å². The first-order chi connectivity index (χ1) is 9.07. The maximum Gasteiger partial charge on any atom is 0.151 e. The summed E-state index contributed by atoms with van der Waals surface area (Å²) in [5, 5.41) is 3.23. The molecule has 0 aromatic carbocycles. The Labute approximate surface area is 115 Å². The highest BCUT2D eigenvalue weighted by Crippen LogP contribution is 2.23. The highest BCUT2D eigenvalue weighted by molar-refractivity contribution is 7.91. The molecular weight excluding hydrogens is 262 g/mol. The molecule has 2 unspecified atom stereocenters. The van der Waals surface area contributed by atoms with E-state index in [1.165, 1.54) is 6.26 Å². The van der Waals surface area contributed by atoms with Gasteiger partial charge in [-0.15, -0.1) is 0 Å². The number of imidazole rings is 1. The van der Waals surface area contributed by atoms with Gasteiger partial charge in [0.15, 0.2) is 9.84 Å². The summed E-state index contributed by atoms with van der Waals surface area (Å²) in [6, 6.07) is 0.131. The first kappa shape index (κ1) is 14.5. The van der Waals surface area contributed by atoms with E-state index in [0.29, 0.717) is 0 Å². The summed E-state index contributed by atoms with van der Waals surface area (Å²) in [7, 11) is -2.93. The van der Waals surface area contributed by atoms with Crippen molar-refractivity contribution < 1.29 is 8.42 Å². The minimum atomic E-state index is -2.93. The van der Waals surface area contributed by atoms with Crippen LogP contribution in [-0.4, -0.2) is 42.1 Å². The van der Waals surface area contributed by atoms with Crippen molar-refractivity contribution in [3.05, 3.63) is 18.7 Å². The van der Waals surface area contributed by atoms with Gasteiger partial charge in [0.05, 0.1) is 11.6 Å². The molecular formula is C13H23N3O2S. The number of aromatic nitrogens is 2. The Morgan fingerprint density at radius 3 is 2.84 bits per heavy atom. The molecule has 0 radical (unpaired) electrons. The lowest BCUT2D eigenvalue weighted by molar-refractivity contribution is 0.367. The number of hydrogen-bond donors (Lipinski definition) is 1. The van der Waals surface area contributed by atoms with Gasteiger partial charge in [-0.05, 0) is 25.8 Å². The van der Waals surface area contributed by atoms with E-state index in [2.05, 4.69) is 10.3 Å². The fourth-order valence-electron chi connectivity index (χ4n) is 2.81. The predicted octanol–water partition coefficient (Wildman–Crippen LogP) is 1.22. The van der Waals surface area contributed by atoms with Crippen LogP contribution in [-0.2, 0) is 16.4 Å². The number of hydrogen-bond acceptors (Lipinski definition) is 4. The quantitative estimate of drug-likeness (QED) is 0.798. The molecule has 1 aliphatic rings. The van der Waals surface area contributed by atoms with Crippen LogP contribution in [0.25, 0.3) is 0 Å². The molecule has 1 aliphatic carbocycles. The molecule has 1 saturated carbocycles. The zero-order chi connectivity index (χ0) is 13.7. The highest BCUT2D eigenvalue weighted by atomic mass is 32.2. The van der Waals surface area contributed by atoms with Crippen LogP contribution in [0.4, 0.5) is 0 Å². The molecule has 1 aromatic heterocycles. The SMILES string of the molecule is CS(=O)(=O)C1CCCCC1NCCCn1ccnc1. The Morgan fingerprint density at radius 1 is 1.37 bits per heavy atom. The van der Waals surface area contributed by atoms with E-state index in [9.17, 15) is 8.42 Å². The number of nitrogens with one attached hydrogen (secondary N) is 1. The van der Waals surface area contributed by atoms with Crippen molar-refractivity contribution >= 4 is 9.84 Å². The highest BCUT2D eigenvalue weighted by Gasteiger charge is 2.31. The maximum absolute atomic E-state index is 11.8. The third kappa shape index (κ3) is 4.31. The van der Waals surface area contributed by atoms with Crippen molar-refractivity contribution in [3.8, 4) is 0 Å². The summed E-state index contributed by atoms with van der Waals surface area (Å²) in [5.74, 6) is 0. The average molecular weight is 285 g/mol. The number of aryl methyl sites for hydroxylation is 1. The summed E-state index contributed by atoms with van der Waals surface area (Å²) in [6.45, 7) is 1.78. The van der Waals surface area contributed by atoms with Gasteiger partial charge in [-0.1, -0.05) is 12.8 Å². The Morgan fingerprint density at radius 2 is 2.16 bits per heavy atom. The van der Waals surface area contributed by atoms with E-state index >= 15 is 0 Å². The fourth-order valence-corrected chi connectivity index (χ4v) is 4.23. The molecule has 0 amide bonds. The van der Waals surface area contributed by atoms with Crippen molar-refractivity contribution in [1.82, 2.24) is 14.9 Å². The summed E-state index contributed by atoms with van der Waals surface area (Å²) < 4.78 is 25.6. The summed E-state index contributed by atoms with van der Waals surface area (Å²) in [4.78, 5) is 4.00. The molecule has 0 bridgehead atoms. The normalized spacial score (nSPS) is 24.5. The smallest absolute Gasteiger partial charge is 0.151 e. The Bertz CT molecular complexity index is 470. The van der Waals surface area contributed by atoms with Crippen molar-refractivity contribution in [1.29, 1.82) is 0 Å². The molecule has 0 saturated heterocycles. The van der Waals surface area contributed by atoms with Crippen molar-refractivity contribution in [3.63, 3.8) is 0 Å². The fraction of sp³-hybridized carbons (Fsp3) is 0.769. The van der Waals surface area contributed by atoms with E-state index < -0.39 is 9.84 Å². The minimum Gasteiger partial charge on any atom is -0.337 e. The lowest BCUT2D eigenvalue weighted by Gasteiger charge is -2.31. The average Bonchev–Trinajstić information content (AvgIpc) is 2.87. The molecule has 19 heavy (non-hydrogen) atoms. The molecule has 108 valence electrons. The van der Waals surface area contributed by atoms with Crippen LogP contribution in [0.2, 0.25) is 0 Å². The zero-order valence-corrected chi connectivity index (χ0v) is 12.3. The molecule has 2 atom stereocenters. The Hall–Kier alpha value is -0.880. The monoisotopic (exact) mass is 285 g/mol. The number of sulfone groups is 1. The standard InChI is InChI=1S/C13H23N3O2S/c1-19(17,18)13-6-3-2-5-12(13)15-7-4-9-16-10-8-14-11-16/h8,10-13,15H,2-7,9H2,1H3. The Balaban J connectivity index is 1.77. The molecule has 1 heterocycles. The van der Waals surface area contributed by atoms with Gasteiger partial charge in [0.25, 0.3) is 0 Å². The second kappa shape index (κ2) is 6.52. The number of nitrogens with zero attached hydrogens (tertiary/aromatic N) is 2.